The van der Waals surface area contributed by atoms with Crippen LogP contribution in [0.3, 0.4) is 0 Å². The molecule has 0 atom stereocenters. The SMILES string of the molecule is CC(=O)N1CCN(CC(=O)Nc2sc3c(c2C#N)C=C(C=Cc2ccc(C)o2)CC3(C)C)CC1. The molecule has 1 saturated heterocycles. The average molecular weight is 479 g/mol. The Morgan fingerprint density at radius 3 is 2.59 bits per heavy atom. The number of carbonyl (C=O) groups excluding carboxylic acids is 2. The Kier molecular flexibility index (Phi) is 6.78. The van der Waals surface area contributed by atoms with E-state index in [9.17, 15) is 14.9 Å². The molecule has 1 aliphatic heterocycles. The predicted molar refractivity (Wildman–Crippen MR) is 134 cm³/mol. The quantitative estimate of drug-likeness (QED) is 0.688. The lowest BCUT2D eigenvalue weighted by atomic mass is 9.77. The monoisotopic (exact) mass is 478 g/mol. The van der Waals surface area contributed by atoms with Crippen LogP contribution >= 0.6 is 11.3 Å². The highest BCUT2D eigenvalue weighted by Crippen LogP contribution is 2.47. The van der Waals surface area contributed by atoms with Gasteiger partial charge in [0.1, 0.15) is 22.6 Å². The summed E-state index contributed by atoms with van der Waals surface area (Å²) < 4.78 is 5.63. The second kappa shape index (κ2) is 9.61. The molecular weight excluding hydrogens is 448 g/mol. The summed E-state index contributed by atoms with van der Waals surface area (Å²) in [6.07, 6.45) is 6.88. The molecule has 2 aromatic rings. The van der Waals surface area contributed by atoms with Crippen molar-refractivity contribution in [1.82, 2.24) is 9.80 Å². The van der Waals surface area contributed by atoms with E-state index in [1.165, 1.54) is 11.3 Å². The minimum atomic E-state index is -0.162. The molecule has 2 aliphatic rings. The number of rotatable bonds is 5. The second-order valence-electron chi connectivity index (χ2n) is 9.55. The molecule has 0 unspecified atom stereocenters. The van der Waals surface area contributed by atoms with E-state index in [4.69, 9.17) is 4.42 Å². The smallest absolute Gasteiger partial charge is 0.239 e. The molecule has 1 aliphatic carbocycles. The Bertz CT molecular complexity index is 1200. The number of carbonyl (C=O) groups is 2. The number of nitriles is 1. The zero-order valence-electron chi connectivity index (χ0n) is 20.1. The third-order valence-corrected chi connectivity index (χ3v) is 7.79. The number of hydrogen-bond acceptors (Lipinski definition) is 6. The maximum Gasteiger partial charge on any atom is 0.239 e. The first-order valence-electron chi connectivity index (χ1n) is 11.5. The third-order valence-electron chi connectivity index (χ3n) is 6.31. The fourth-order valence-electron chi connectivity index (χ4n) is 4.54. The van der Waals surface area contributed by atoms with E-state index in [1.54, 1.807) is 11.8 Å². The van der Waals surface area contributed by atoms with Crippen molar-refractivity contribution in [3.8, 4) is 6.07 Å². The van der Waals surface area contributed by atoms with Gasteiger partial charge in [0.05, 0.1) is 12.1 Å². The summed E-state index contributed by atoms with van der Waals surface area (Å²) >= 11 is 1.49. The molecule has 4 rings (SSSR count). The van der Waals surface area contributed by atoms with Crippen LogP contribution in [0.5, 0.6) is 0 Å². The molecule has 34 heavy (non-hydrogen) atoms. The normalized spacial score (nSPS) is 17.9. The molecule has 1 N–H and O–H groups in total. The van der Waals surface area contributed by atoms with Crippen LogP contribution in [0.4, 0.5) is 5.00 Å². The molecule has 2 amide bonds. The number of piperazine rings is 1. The number of fused-ring (bicyclic) bond motifs is 1. The van der Waals surface area contributed by atoms with Gasteiger partial charge in [-0.25, -0.2) is 0 Å². The van der Waals surface area contributed by atoms with Crippen LogP contribution in [0.2, 0.25) is 0 Å². The minimum absolute atomic E-state index is 0.0658. The maximum absolute atomic E-state index is 12.8. The number of furan rings is 1. The summed E-state index contributed by atoms with van der Waals surface area (Å²) in [4.78, 5) is 29.2. The largest absolute Gasteiger partial charge is 0.462 e. The van der Waals surface area contributed by atoms with Gasteiger partial charge in [-0.05, 0) is 43.2 Å². The van der Waals surface area contributed by atoms with Crippen molar-refractivity contribution in [2.45, 2.75) is 39.5 Å². The van der Waals surface area contributed by atoms with Crippen LogP contribution in [0.25, 0.3) is 12.2 Å². The van der Waals surface area contributed by atoms with E-state index in [0.717, 1.165) is 34.0 Å². The van der Waals surface area contributed by atoms with E-state index in [0.29, 0.717) is 36.7 Å². The Labute approximate surface area is 204 Å². The van der Waals surface area contributed by atoms with Gasteiger partial charge >= 0.3 is 0 Å². The predicted octanol–water partition coefficient (Wildman–Crippen LogP) is 4.40. The van der Waals surface area contributed by atoms with E-state index in [1.807, 2.05) is 36.1 Å². The van der Waals surface area contributed by atoms with Gasteiger partial charge in [0, 0.05) is 49.0 Å². The van der Waals surface area contributed by atoms with Gasteiger partial charge in [0.25, 0.3) is 0 Å². The van der Waals surface area contributed by atoms with Gasteiger partial charge in [-0.1, -0.05) is 19.9 Å². The van der Waals surface area contributed by atoms with Crippen LogP contribution in [-0.4, -0.2) is 54.3 Å². The average Bonchev–Trinajstić information content (AvgIpc) is 3.35. The minimum Gasteiger partial charge on any atom is -0.462 e. The molecular formula is C26H30N4O3S. The molecule has 0 spiro atoms. The van der Waals surface area contributed by atoms with Crippen molar-refractivity contribution in [1.29, 1.82) is 5.26 Å². The summed E-state index contributed by atoms with van der Waals surface area (Å²) in [5.74, 6) is 1.59. The highest BCUT2D eigenvalue weighted by Gasteiger charge is 2.33. The second-order valence-corrected chi connectivity index (χ2v) is 10.6. The number of allylic oxidation sites excluding steroid dienone is 2. The lowest BCUT2D eigenvalue weighted by molar-refractivity contribution is -0.130. The molecule has 8 heteroatoms. The maximum atomic E-state index is 12.8. The molecule has 0 aromatic carbocycles. The van der Waals surface area contributed by atoms with Crippen LogP contribution < -0.4 is 5.32 Å². The summed E-state index contributed by atoms with van der Waals surface area (Å²) in [6.45, 7) is 10.7. The highest BCUT2D eigenvalue weighted by atomic mass is 32.1. The molecule has 0 radical (unpaired) electrons. The summed E-state index contributed by atoms with van der Waals surface area (Å²) in [7, 11) is 0. The molecule has 178 valence electrons. The van der Waals surface area contributed by atoms with Crippen LogP contribution in [0.15, 0.2) is 28.2 Å². The number of nitrogens with one attached hydrogen (secondary N) is 1. The van der Waals surface area contributed by atoms with Crippen molar-refractivity contribution in [2.24, 2.45) is 0 Å². The van der Waals surface area contributed by atoms with Crippen molar-refractivity contribution in [3.05, 3.63) is 51.3 Å². The third kappa shape index (κ3) is 5.16. The first-order chi connectivity index (χ1) is 16.2. The van der Waals surface area contributed by atoms with Gasteiger partial charge in [-0.3, -0.25) is 14.5 Å². The molecule has 2 aromatic heterocycles. The van der Waals surface area contributed by atoms with E-state index >= 15 is 0 Å². The first kappa shape index (κ1) is 24.0. The summed E-state index contributed by atoms with van der Waals surface area (Å²) in [6, 6.07) is 6.18. The molecule has 3 heterocycles. The van der Waals surface area contributed by atoms with Gasteiger partial charge < -0.3 is 14.6 Å². The van der Waals surface area contributed by atoms with Gasteiger partial charge in [-0.15, -0.1) is 11.3 Å². The lowest BCUT2D eigenvalue weighted by Gasteiger charge is -2.33. The van der Waals surface area contributed by atoms with Crippen LogP contribution in [-0.2, 0) is 15.0 Å². The van der Waals surface area contributed by atoms with E-state index in [-0.39, 0.29) is 23.8 Å². The molecule has 7 nitrogen and oxygen atoms in total. The topological polar surface area (TPSA) is 89.6 Å². The molecule has 0 bridgehead atoms. The Balaban J connectivity index is 1.50. The number of nitrogens with zero attached hydrogens (tertiary/aromatic N) is 3. The van der Waals surface area contributed by atoms with Crippen LogP contribution in [0.1, 0.15) is 54.7 Å². The summed E-state index contributed by atoms with van der Waals surface area (Å²) in [5, 5.41) is 13.5. The van der Waals surface area contributed by atoms with Gasteiger partial charge in [0.15, 0.2) is 0 Å². The number of hydrogen-bond donors (Lipinski definition) is 1. The Hall–Kier alpha value is -3.15. The van der Waals surface area contributed by atoms with Crippen molar-refractivity contribution < 1.29 is 14.0 Å². The fourth-order valence-corrected chi connectivity index (χ4v) is 5.79. The Morgan fingerprint density at radius 2 is 1.97 bits per heavy atom. The zero-order valence-corrected chi connectivity index (χ0v) is 20.9. The first-order valence-corrected chi connectivity index (χ1v) is 12.3. The lowest BCUT2D eigenvalue weighted by Crippen LogP contribution is -2.49. The molecule has 0 saturated carbocycles. The number of amides is 2. The van der Waals surface area contributed by atoms with Crippen molar-refractivity contribution >= 4 is 40.3 Å². The van der Waals surface area contributed by atoms with Gasteiger partial charge in [-0.2, -0.15) is 5.26 Å². The summed E-state index contributed by atoms with van der Waals surface area (Å²) in [5.41, 5.74) is 2.36. The number of aryl methyl sites for hydroxylation is 1. The highest BCUT2D eigenvalue weighted by molar-refractivity contribution is 7.17. The number of anilines is 1. The number of thiophene rings is 1. The van der Waals surface area contributed by atoms with Crippen molar-refractivity contribution in [3.63, 3.8) is 0 Å². The van der Waals surface area contributed by atoms with Gasteiger partial charge in [0.2, 0.25) is 11.8 Å². The van der Waals surface area contributed by atoms with Crippen LogP contribution in [0, 0.1) is 18.3 Å². The zero-order chi connectivity index (χ0) is 24.5. The fraction of sp³-hybridized carbons (Fsp3) is 0.423. The van der Waals surface area contributed by atoms with E-state index in [2.05, 4.69) is 31.3 Å². The van der Waals surface area contributed by atoms with Crippen molar-refractivity contribution in [2.75, 3.05) is 38.0 Å². The Morgan fingerprint density at radius 1 is 1.24 bits per heavy atom. The van der Waals surface area contributed by atoms with E-state index < -0.39 is 0 Å². The molecule has 1 fully saturated rings. The standard InChI is InChI=1S/C26H30N4O3S/c1-17-5-7-20(33-17)8-6-19-13-21-22(15-27)25(34-24(21)26(3,4)14-19)28-23(32)16-29-9-11-30(12-10-29)18(2)31/h5-8,13H,9-12,14,16H2,1-4H3,(H,28,32).